The van der Waals surface area contributed by atoms with Gasteiger partial charge in [0.15, 0.2) is 0 Å². The molecule has 0 amide bonds. The Morgan fingerprint density at radius 2 is 1.77 bits per heavy atom. The third kappa shape index (κ3) is 3.54. The van der Waals surface area contributed by atoms with Gasteiger partial charge in [-0.05, 0) is 38.5 Å². The summed E-state index contributed by atoms with van der Waals surface area (Å²) in [5.41, 5.74) is 1.14. The molecule has 0 unspecified atom stereocenters. The van der Waals surface area contributed by atoms with Crippen LogP contribution in [0.1, 0.15) is 56.2 Å². The van der Waals surface area contributed by atoms with Gasteiger partial charge in [0.1, 0.15) is 12.1 Å². The topological polar surface area (TPSA) is 58.0 Å². The lowest BCUT2D eigenvalue weighted by molar-refractivity contribution is -0.0978. The first kappa shape index (κ1) is 15.6. The zero-order chi connectivity index (χ0) is 15.6. The van der Waals surface area contributed by atoms with Crippen molar-refractivity contribution in [3.05, 3.63) is 17.6 Å². The van der Waals surface area contributed by atoms with Gasteiger partial charge < -0.3 is 10.4 Å². The summed E-state index contributed by atoms with van der Waals surface area (Å²) in [5, 5.41) is 13.7. The largest absolute Gasteiger partial charge is 0.388 e. The van der Waals surface area contributed by atoms with Gasteiger partial charge in [0, 0.05) is 30.6 Å². The van der Waals surface area contributed by atoms with Crippen LogP contribution in [0.15, 0.2) is 6.33 Å². The molecule has 1 heterocycles. The van der Waals surface area contributed by atoms with Crippen molar-refractivity contribution in [3.8, 4) is 0 Å². The molecular formula is C16H23F2N3O. The number of halogens is 2. The van der Waals surface area contributed by atoms with Crippen molar-refractivity contribution < 1.29 is 13.9 Å². The Labute approximate surface area is 129 Å². The number of hydrogen-bond donors (Lipinski definition) is 2. The SMILES string of the molecule is OC1(CNc2ncnc3c2CCCCC3)CCC(F)(F)CC1. The first-order valence-electron chi connectivity index (χ1n) is 8.14. The van der Waals surface area contributed by atoms with Gasteiger partial charge in [-0.2, -0.15) is 0 Å². The lowest BCUT2D eigenvalue weighted by atomic mass is 9.82. The summed E-state index contributed by atoms with van der Waals surface area (Å²) in [6, 6.07) is 0. The van der Waals surface area contributed by atoms with Crippen molar-refractivity contribution in [1.29, 1.82) is 0 Å². The third-order valence-corrected chi connectivity index (χ3v) is 4.87. The zero-order valence-corrected chi connectivity index (χ0v) is 12.7. The third-order valence-electron chi connectivity index (χ3n) is 4.87. The van der Waals surface area contributed by atoms with E-state index in [-0.39, 0.29) is 32.2 Å². The predicted octanol–water partition coefficient (Wildman–Crippen LogP) is 3.10. The highest BCUT2D eigenvalue weighted by Gasteiger charge is 2.42. The number of aryl methyl sites for hydroxylation is 1. The molecule has 1 fully saturated rings. The molecule has 0 bridgehead atoms. The summed E-state index contributed by atoms with van der Waals surface area (Å²) < 4.78 is 26.5. The fraction of sp³-hybridized carbons (Fsp3) is 0.750. The lowest BCUT2D eigenvalue weighted by Crippen LogP contribution is -2.43. The number of nitrogens with zero attached hydrogens (tertiary/aromatic N) is 2. The molecule has 2 aliphatic rings. The molecule has 6 heteroatoms. The zero-order valence-electron chi connectivity index (χ0n) is 12.7. The highest BCUT2D eigenvalue weighted by Crippen LogP contribution is 2.38. The minimum atomic E-state index is -2.63. The summed E-state index contributed by atoms with van der Waals surface area (Å²) in [6.07, 6.45) is 6.66. The van der Waals surface area contributed by atoms with Crippen LogP contribution in [0.2, 0.25) is 0 Å². The van der Waals surface area contributed by atoms with E-state index in [1.165, 1.54) is 6.42 Å². The van der Waals surface area contributed by atoms with Gasteiger partial charge >= 0.3 is 0 Å². The molecule has 1 aromatic heterocycles. The molecule has 1 aromatic rings. The molecule has 122 valence electrons. The Kier molecular flexibility index (Phi) is 4.30. The summed E-state index contributed by atoms with van der Waals surface area (Å²) in [7, 11) is 0. The number of nitrogens with one attached hydrogen (secondary N) is 1. The van der Waals surface area contributed by atoms with Gasteiger partial charge in [0.2, 0.25) is 5.92 Å². The van der Waals surface area contributed by atoms with Crippen LogP contribution in [0.25, 0.3) is 0 Å². The van der Waals surface area contributed by atoms with E-state index < -0.39 is 11.5 Å². The molecule has 0 atom stereocenters. The van der Waals surface area contributed by atoms with Gasteiger partial charge in [-0.3, -0.25) is 0 Å². The van der Waals surface area contributed by atoms with Crippen LogP contribution in [0.4, 0.5) is 14.6 Å². The summed E-state index contributed by atoms with van der Waals surface area (Å²) in [4.78, 5) is 8.65. The fourth-order valence-electron chi connectivity index (χ4n) is 3.36. The molecule has 2 N–H and O–H groups in total. The van der Waals surface area contributed by atoms with Crippen molar-refractivity contribution in [2.24, 2.45) is 0 Å². The number of aromatic nitrogens is 2. The highest BCUT2D eigenvalue weighted by atomic mass is 19.3. The van der Waals surface area contributed by atoms with Crippen LogP contribution < -0.4 is 5.32 Å². The molecule has 0 aromatic carbocycles. The van der Waals surface area contributed by atoms with Gasteiger partial charge in [-0.15, -0.1) is 0 Å². The maximum absolute atomic E-state index is 13.2. The fourth-order valence-corrected chi connectivity index (χ4v) is 3.36. The van der Waals surface area contributed by atoms with E-state index >= 15 is 0 Å². The molecule has 22 heavy (non-hydrogen) atoms. The molecule has 3 rings (SSSR count). The van der Waals surface area contributed by atoms with Gasteiger partial charge in [0.05, 0.1) is 5.60 Å². The smallest absolute Gasteiger partial charge is 0.248 e. The first-order valence-corrected chi connectivity index (χ1v) is 8.14. The molecular weight excluding hydrogens is 288 g/mol. The molecule has 0 aliphatic heterocycles. The number of alkyl halides is 2. The van der Waals surface area contributed by atoms with Crippen molar-refractivity contribution in [2.75, 3.05) is 11.9 Å². The number of rotatable bonds is 3. The Morgan fingerprint density at radius 1 is 1.05 bits per heavy atom. The maximum Gasteiger partial charge on any atom is 0.248 e. The maximum atomic E-state index is 13.2. The van der Waals surface area contributed by atoms with E-state index in [2.05, 4.69) is 15.3 Å². The first-order chi connectivity index (χ1) is 10.5. The van der Waals surface area contributed by atoms with E-state index in [1.54, 1.807) is 6.33 Å². The van der Waals surface area contributed by atoms with Crippen LogP contribution in [0.5, 0.6) is 0 Å². The van der Waals surface area contributed by atoms with Gasteiger partial charge in [-0.25, -0.2) is 18.7 Å². The Hall–Kier alpha value is -1.30. The average Bonchev–Trinajstić information content (AvgIpc) is 2.74. The second-order valence-electron chi connectivity index (χ2n) is 6.64. The van der Waals surface area contributed by atoms with Crippen molar-refractivity contribution in [2.45, 2.75) is 69.3 Å². The number of aliphatic hydroxyl groups is 1. The quantitative estimate of drug-likeness (QED) is 0.842. The molecule has 0 radical (unpaired) electrons. The Bertz CT molecular complexity index is 526. The molecule has 0 saturated heterocycles. The Balaban J connectivity index is 1.67. The van der Waals surface area contributed by atoms with Crippen LogP contribution >= 0.6 is 0 Å². The van der Waals surface area contributed by atoms with E-state index in [1.807, 2.05) is 0 Å². The van der Waals surface area contributed by atoms with Crippen molar-refractivity contribution in [1.82, 2.24) is 9.97 Å². The summed E-state index contributed by atoms with van der Waals surface area (Å²) in [6.45, 7) is 0.270. The summed E-state index contributed by atoms with van der Waals surface area (Å²) in [5.74, 6) is -1.87. The monoisotopic (exact) mass is 311 g/mol. The Morgan fingerprint density at radius 3 is 2.55 bits per heavy atom. The van der Waals surface area contributed by atoms with Crippen LogP contribution in [0.3, 0.4) is 0 Å². The van der Waals surface area contributed by atoms with E-state index in [4.69, 9.17) is 0 Å². The second kappa shape index (κ2) is 6.07. The van der Waals surface area contributed by atoms with Crippen LogP contribution in [-0.2, 0) is 12.8 Å². The van der Waals surface area contributed by atoms with Crippen molar-refractivity contribution >= 4 is 5.82 Å². The minimum absolute atomic E-state index is 0.125. The molecule has 1 saturated carbocycles. The van der Waals surface area contributed by atoms with Crippen LogP contribution in [-0.4, -0.2) is 33.1 Å². The lowest BCUT2D eigenvalue weighted by Gasteiger charge is -2.36. The van der Waals surface area contributed by atoms with Gasteiger partial charge in [-0.1, -0.05) is 6.42 Å². The molecule has 0 spiro atoms. The van der Waals surface area contributed by atoms with Crippen molar-refractivity contribution in [3.63, 3.8) is 0 Å². The normalized spacial score (nSPS) is 23.4. The number of hydrogen-bond acceptors (Lipinski definition) is 4. The van der Waals surface area contributed by atoms with Gasteiger partial charge in [0.25, 0.3) is 0 Å². The summed E-state index contributed by atoms with van der Waals surface area (Å²) >= 11 is 0. The van der Waals surface area contributed by atoms with E-state index in [0.29, 0.717) is 0 Å². The molecule has 2 aliphatic carbocycles. The minimum Gasteiger partial charge on any atom is -0.388 e. The van der Waals surface area contributed by atoms with Crippen LogP contribution in [0, 0.1) is 0 Å². The second-order valence-corrected chi connectivity index (χ2v) is 6.64. The molecule has 4 nitrogen and oxygen atoms in total. The highest BCUT2D eigenvalue weighted by molar-refractivity contribution is 5.46. The average molecular weight is 311 g/mol. The van der Waals surface area contributed by atoms with E-state index in [0.717, 1.165) is 42.8 Å². The standard InChI is InChI=1S/C16H23F2N3O/c17-16(18)8-6-15(22,7-9-16)10-19-14-12-4-2-1-3-5-13(12)20-11-21-14/h11,22H,1-10H2,(H,19,20,21). The predicted molar refractivity (Wildman–Crippen MR) is 80.1 cm³/mol. The number of fused-ring (bicyclic) bond motifs is 1. The van der Waals surface area contributed by atoms with E-state index in [9.17, 15) is 13.9 Å². The number of anilines is 1.